The number of fused-ring (bicyclic) bond motifs is 1. The van der Waals surface area contributed by atoms with Gasteiger partial charge in [-0.1, -0.05) is 11.6 Å². The van der Waals surface area contributed by atoms with Gasteiger partial charge in [-0.15, -0.1) is 0 Å². The number of halogens is 1. The van der Waals surface area contributed by atoms with Crippen LogP contribution >= 0.6 is 11.6 Å². The van der Waals surface area contributed by atoms with Gasteiger partial charge >= 0.3 is 0 Å². The predicted molar refractivity (Wildman–Crippen MR) is 61.5 cm³/mol. The van der Waals surface area contributed by atoms with E-state index in [0.29, 0.717) is 11.1 Å². The minimum atomic E-state index is 0.0681. The first-order valence-electron chi connectivity index (χ1n) is 5.06. The zero-order valence-corrected chi connectivity index (χ0v) is 8.87. The molecule has 1 aliphatic carbocycles. The molecule has 0 aliphatic heterocycles. The molecule has 1 heterocycles. The molecule has 76 valence electrons. The predicted octanol–water partition coefficient (Wildman–Crippen LogP) is 2.99. The molecule has 0 saturated heterocycles. The van der Waals surface area contributed by atoms with Gasteiger partial charge in [0.25, 0.3) is 0 Å². The minimum Gasteiger partial charge on any atom is -0.344 e. The molecule has 2 aromatic rings. The van der Waals surface area contributed by atoms with E-state index >= 15 is 0 Å². The molecule has 2 nitrogen and oxygen atoms in total. The zero-order valence-electron chi connectivity index (χ0n) is 8.11. The maximum Gasteiger partial charge on any atom is 0.189 e. The van der Waals surface area contributed by atoms with Crippen LogP contribution in [0.1, 0.15) is 18.9 Å². The Morgan fingerprint density at radius 3 is 2.80 bits per heavy atom. The number of benzene rings is 1. The van der Waals surface area contributed by atoms with Gasteiger partial charge < -0.3 is 4.57 Å². The highest BCUT2D eigenvalue weighted by atomic mass is 35.5. The molecule has 1 fully saturated rings. The molecule has 15 heavy (non-hydrogen) atoms. The SMILES string of the molecule is O=c1ccn(C2CC2)c2cc(Cl)ccc12. The summed E-state index contributed by atoms with van der Waals surface area (Å²) in [5, 5.41) is 1.44. The fourth-order valence-electron chi connectivity index (χ4n) is 1.92. The fraction of sp³-hybridized carbons (Fsp3) is 0.250. The molecule has 0 radical (unpaired) electrons. The lowest BCUT2D eigenvalue weighted by Crippen LogP contribution is -2.06. The van der Waals surface area contributed by atoms with E-state index in [1.807, 2.05) is 12.3 Å². The van der Waals surface area contributed by atoms with Crippen LogP contribution in [0.25, 0.3) is 10.9 Å². The third kappa shape index (κ3) is 1.45. The Bertz CT molecular complexity index is 584. The first kappa shape index (κ1) is 8.98. The third-order valence-corrected chi connectivity index (χ3v) is 3.07. The van der Waals surface area contributed by atoms with Crippen molar-refractivity contribution < 1.29 is 0 Å². The summed E-state index contributed by atoms with van der Waals surface area (Å²) in [6.07, 6.45) is 4.27. The lowest BCUT2D eigenvalue weighted by Gasteiger charge is -2.09. The van der Waals surface area contributed by atoms with Gasteiger partial charge in [0.1, 0.15) is 0 Å². The normalized spacial score (nSPS) is 15.8. The van der Waals surface area contributed by atoms with Crippen molar-refractivity contribution in [3.8, 4) is 0 Å². The van der Waals surface area contributed by atoms with Crippen molar-refractivity contribution in [1.29, 1.82) is 0 Å². The van der Waals surface area contributed by atoms with Crippen molar-refractivity contribution in [2.45, 2.75) is 18.9 Å². The zero-order chi connectivity index (χ0) is 10.4. The smallest absolute Gasteiger partial charge is 0.189 e. The number of aromatic nitrogens is 1. The molecule has 0 N–H and O–H groups in total. The van der Waals surface area contributed by atoms with E-state index in [2.05, 4.69) is 4.57 Å². The van der Waals surface area contributed by atoms with Crippen LogP contribution in [-0.2, 0) is 0 Å². The minimum absolute atomic E-state index is 0.0681. The molecule has 3 heteroatoms. The summed E-state index contributed by atoms with van der Waals surface area (Å²) in [5.41, 5.74) is 1.02. The molecule has 1 aromatic carbocycles. The summed E-state index contributed by atoms with van der Waals surface area (Å²) in [7, 11) is 0. The number of rotatable bonds is 1. The summed E-state index contributed by atoms with van der Waals surface area (Å²) in [6.45, 7) is 0. The van der Waals surface area contributed by atoms with Crippen molar-refractivity contribution in [3.63, 3.8) is 0 Å². The van der Waals surface area contributed by atoms with Crippen molar-refractivity contribution >= 4 is 22.5 Å². The largest absolute Gasteiger partial charge is 0.344 e. The Labute approximate surface area is 92.1 Å². The standard InChI is InChI=1S/C12H10ClNO/c13-8-1-4-10-11(7-8)14(9-2-3-9)6-5-12(10)15/h1,4-7,9H,2-3H2. The van der Waals surface area contributed by atoms with Crippen LogP contribution < -0.4 is 5.43 Å². The second kappa shape index (κ2) is 3.11. The molecule has 0 bridgehead atoms. The highest BCUT2D eigenvalue weighted by Crippen LogP contribution is 2.36. The number of pyridine rings is 1. The summed E-state index contributed by atoms with van der Waals surface area (Å²) in [6, 6.07) is 7.64. The van der Waals surface area contributed by atoms with Crippen LogP contribution in [0.15, 0.2) is 35.3 Å². The van der Waals surface area contributed by atoms with E-state index in [-0.39, 0.29) is 5.43 Å². The molecule has 1 aliphatic rings. The van der Waals surface area contributed by atoms with E-state index in [9.17, 15) is 4.79 Å². The Morgan fingerprint density at radius 1 is 1.27 bits per heavy atom. The summed E-state index contributed by atoms with van der Waals surface area (Å²) < 4.78 is 2.16. The molecule has 0 amide bonds. The molecular weight excluding hydrogens is 210 g/mol. The van der Waals surface area contributed by atoms with Gasteiger partial charge in [-0.3, -0.25) is 4.79 Å². The first-order chi connectivity index (χ1) is 7.25. The maximum atomic E-state index is 11.6. The van der Waals surface area contributed by atoms with Crippen LogP contribution in [0.4, 0.5) is 0 Å². The van der Waals surface area contributed by atoms with Crippen LogP contribution in [0.3, 0.4) is 0 Å². The van der Waals surface area contributed by atoms with Gasteiger partial charge in [0, 0.05) is 28.7 Å². The van der Waals surface area contributed by atoms with E-state index in [1.54, 1.807) is 18.2 Å². The number of nitrogens with zero attached hydrogens (tertiary/aromatic N) is 1. The average molecular weight is 220 g/mol. The second-order valence-electron chi connectivity index (χ2n) is 3.98. The Kier molecular flexibility index (Phi) is 1.86. The average Bonchev–Trinajstić information content (AvgIpc) is 3.02. The highest BCUT2D eigenvalue weighted by Gasteiger charge is 2.24. The lowest BCUT2D eigenvalue weighted by molar-refractivity contribution is 0.766. The quantitative estimate of drug-likeness (QED) is 0.723. The lowest BCUT2D eigenvalue weighted by atomic mass is 10.2. The third-order valence-electron chi connectivity index (χ3n) is 2.83. The molecule has 1 saturated carbocycles. The number of hydrogen-bond donors (Lipinski definition) is 0. The fourth-order valence-corrected chi connectivity index (χ4v) is 2.08. The van der Waals surface area contributed by atoms with Crippen LogP contribution in [0, 0.1) is 0 Å². The molecular formula is C12H10ClNO. The summed E-state index contributed by atoms with van der Waals surface area (Å²) >= 11 is 5.95. The summed E-state index contributed by atoms with van der Waals surface area (Å²) in [4.78, 5) is 11.6. The Balaban J connectivity index is 2.41. The molecule has 1 aromatic heterocycles. The van der Waals surface area contributed by atoms with Crippen LogP contribution in [0.5, 0.6) is 0 Å². The molecule has 0 unspecified atom stereocenters. The monoisotopic (exact) mass is 219 g/mol. The topological polar surface area (TPSA) is 22.0 Å². The van der Waals surface area contributed by atoms with E-state index in [1.165, 1.54) is 12.8 Å². The van der Waals surface area contributed by atoms with E-state index < -0.39 is 0 Å². The summed E-state index contributed by atoms with van der Waals surface area (Å²) in [5.74, 6) is 0. The van der Waals surface area contributed by atoms with E-state index in [0.717, 1.165) is 10.9 Å². The van der Waals surface area contributed by atoms with Gasteiger partial charge in [0.15, 0.2) is 5.43 Å². The van der Waals surface area contributed by atoms with Gasteiger partial charge in [-0.2, -0.15) is 0 Å². The highest BCUT2D eigenvalue weighted by molar-refractivity contribution is 6.31. The van der Waals surface area contributed by atoms with Crippen molar-refractivity contribution in [1.82, 2.24) is 4.57 Å². The molecule has 0 spiro atoms. The van der Waals surface area contributed by atoms with Crippen molar-refractivity contribution in [2.24, 2.45) is 0 Å². The van der Waals surface area contributed by atoms with Crippen molar-refractivity contribution in [2.75, 3.05) is 0 Å². The van der Waals surface area contributed by atoms with Gasteiger partial charge in [-0.05, 0) is 31.0 Å². The van der Waals surface area contributed by atoms with Crippen molar-refractivity contribution in [3.05, 3.63) is 45.7 Å². The van der Waals surface area contributed by atoms with Gasteiger partial charge in [-0.25, -0.2) is 0 Å². The van der Waals surface area contributed by atoms with Crippen LogP contribution in [0.2, 0.25) is 5.02 Å². The Hall–Kier alpha value is -1.28. The maximum absolute atomic E-state index is 11.6. The van der Waals surface area contributed by atoms with Gasteiger partial charge in [0.05, 0.1) is 5.52 Å². The second-order valence-corrected chi connectivity index (χ2v) is 4.42. The first-order valence-corrected chi connectivity index (χ1v) is 5.44. The number of hydrogen-bond acceptors (Lipinski definition) is 1. The van der Waals surface area contributed by atoms with Gasteiger partial charge in [0.2, 0.25) is 0 Å². The molecule has 3 rings (SSSR count). The Morgan fingerprint density at radius 2 is 2.07 bits per heavy atom. The van der Waals surface area contributed by atoms with E-state index in [4.69, 9.17) is 11.6 Å². The molecule has 0 atom stereocenters. The van der Waals surface area contributed by atoms with Crippen LogP contribution in [-0.4, -0.2) is 4.57 Å².